The third-order valence-electron chi connectivity index (χ3n) is 4.50. The zero-order chi connectivity index (χ0) is 11.5. The standard InChI is InChI=1S/C16H23N/c1-3-9-14-13(7-1)8-2-4-10-15(14)16-11-5-6-12-17-16/h1,3,7,9,15-17H,2,4-6,8,10-12H2/t15-,16-/m1/s1. The average Bonchev–Trinajstić information content (AvgIpc) is 2.62. The van der Waals surface area contributed by atoms with Crippen LogP contribution in [0.2, 0.25) is 0 Å². The molecule has 0 saturated carbocycles. The summed E-state index contributed by atoms with van der Waals surface area (Å²) in [4.78, 5) is 0. The van der Waals surface area contributed by atoms with Gasteiger partial charge in [0.1, 0.15) is 0 Å². The molecule has 0 spiro atoms. The maximum atomic E-state index is 3.76. The van der Waals surface area contributed by atoms with Gasteiger partial charge in [-0.25, -0.2) is 0 Å². The van der Waals surface area contributed by atoms with Crippen LogP contribution < -0.4 is 5.32 Å². The van der Waals surface area contributed by atoms with E-state index in [4.69, 9.17) is 0 Å². The molecule has 92 valence electrons. The average molecular weight is 229 g/mol. The number of piperidine rings is 1. The SMILES string of the molecule is c1ccc2c(c1)CCCC[C@H]2[C@H]1CCCCN1. The van der Waals surface area contributed by atoms with Crippen LogP contribution in [-0.4, -0.2) is 12.6 Å². The van der Waals surface area contributed by atoms with E-state index in [1.807, 2.05) is 0 Å². The normalized spacial score (nSPS) is 29.4. The highest BCUT2D eigenvalue weighted by Gasteiger charge is 2.27. The maximum Gasteiger partial charge on any atom is 0.0136 e. The number of hydrogen-bond donors (Lipinski definition) is 1. The highest BCUT2D eigenvalue weighted by atomic mass is 14.9. The minimum Gasteiger partial charge on any atom is -0.313 e. The molecule has 0 unspecified atom stereocenters. The lowest BCUT2D eigenvalue weighted by Crippen LogP contribution is -2.38. The molecule has 2 atom stereocenters. The molecule has 1 aromatic carbocycles. The molecule has 1 nitrogen and oxygen atoms in total. The maximum absolute atomic E-state index is 3.76. The molecule has 0 amide bonds. The summed E-state index contributed by atoms with van der Waals surface area (Å²) in [6.07, 6.45) is 9.60. The smallest absolute Gasteiger partial charge is 0.0136 e. The third kappa shape index (κ3) is 2.40. The molecule has 0 bridgehead atoms. The van der Waals surface area contributed by atoms with Gasteiger partial charge in [-0.1, -0.05) is 37.1 Å². The molecular formula is C16H23N. The van der Waals surface area contributed by atoms with Crippen molar-refractivity contribution >= 4 is 0 Å². The number of nitrogens with one attached hydrogen (secondary N) is 1. The first kappa shape index (κ1) is 11.3. The fourth-order valence-electron chi connectivity index (χ4n) is 3.60. The molecule has 1 fully saturated rings. The lowest BCUT2D eigenvalue weighted by molar-refractivity contribution is 0.337. The van der Waals surface area contributed by atoms with Gasteiger partial charge in [0.05, 0.1) is 0 Å². The number of fused-ring (bicyclic) bond motifs is 1. The summed E-state index contributed by atoms with van der Waals surface area (Å²) in [7, 11) is 0. The predicted molar refractivity (Wildman–Crippen MR) is 72.4 cm³/mol. The van der Waals surface area contributed by atoms with E-state index in [9.17, 15) is 0 Å². The summed E-state index contributed by atoms with van der Waals surface area (Å²) in [5.41, 5.74) is 3.26. The summed E-state index contributed by atoms with van der Waals surface area (Å²) in [6, 6.07) is 9.89. The molecule has 1 saturated heterocycles. The van der Waals surface area contributed by atoms with E-state index in [-0.39, 0.29) is 0 Å². The zero-order valence-corrected chi connectivity index (χ0v) is 10.6. The lowest BCUT2D eigenvalue weighted by Gasteiger charge is -2.32. The fraction of sp³-hybridized carbons (Fsp3) is 0.625. The van der Waals surface area contributed by atoms with E-state index >= 15 is 0 Å². The first-order valence-electron chi connectivity index (χ1n) is 7.26. The Morgan fingerprint density at radius 2 is 1.82 bits per heavy atom. The summed E-state index contributed by atoms with van der Waals surface area (Å²) in [5, 5.41) is 3.76. The van der Waals surface area contributed by atoms with Crippen molar-refractivity contribution < 1.29 is 0 Å². The van der Waals surface area contributed by atoms with Crippen LogP contribution in [0.3, 0.4) is 0 Å². The summed E-state index contributed by atoms with van der Waals surface area (Å²) in [6.45, 7) is 1.23. The van der Waals surface area contributed by atoms with E-state index in [2.05, 4.69) is 29.6 Å². The van der Waals surface area contributed by atoms with Gasteiger partial charge in [-0.15, -0.1) is 0 Å². The Morgan fingerprint density at radius 3 is 2.71 bits per heavy atom. The van der Waals surface area contributed by atoms with Gasteiger partial charge in [0.15, 0.2) is 0 Å². The van der Waals surface area contributed by atoms with Crippen molar-refractivity contribution in [3.05, 3.63) is 35.4 Å². The Labute approximate surface area is 105 Å². The lowest BCUT2D eigenvalue weighted by atomic mass is 9.83. The van der Waals surface area contributed by atoms with E-state index in [1.54, 1.807) is 11.1 Å². The van der Waals surface area contributed by atoms with Crippen LogP contribution in [-0.2, 0) is 6.42 Å². The van der Waals surface area contributed by atoms with Crippen LogP contribution in [0.25, 0.3) is 0 Å². The largest absolute Gasteiger partial charge is 0.313 e. The Morgan fingerprint density at radius 1 is 0.941 bits per heavy atom. The third-order valence-corrected chi connectivity index (χ3v) is 4.50. The van der Waals surface area contributed by atoms with Crippen LogP contribution in [0.15, 0.2) is 24.3 Å². The first-order valence-corrected chi connectivity index (χ1v) is 7.26. The molecule has 1 aliphatic heterocycles. The molecule has 0 radical (unpaired) electrons. The second kappa shape index (κ2) is 5.22. The molecule has 2 aliphatic rings. The number of hydrogen-bond acceptors (Lipinski definition) is 1. The molecule has 1 aliphatic carbocycles. The minimum absolute atomic E-state index is 0.739. The Balaban J connectivity index is 1.88. The van der Waals surface area contributed by atoms with Crippen LogP contribution in [0, 0.1) is 0 Å². The van der Waals surface area contributed by atoms with Crippen LogP contribution in [0.1, 0.15) is 55.6 Å². The summed E-state index contributed by atoms with van der Waals surface area (Å²) >= 11 is 0. The van der Waals surface area contributed by atoms with Gasteiger partial charge in [-0.2, -0.15) is 0 Å². The minimum atomic E-state index is 0.739. The van der Waals surface area contributed by atoms with Crippen molar-refractivity contribution in [2.45, 2.75) is 56.9 Å². The van der Waals surface area contributed by atoms with Gasteiger partial charge in [0.2, 0.25) is 0 Å². The van der Waals surface area contributed by atoms with Gasteiger partial charge in [0, 0.05) is 6.04 Å². The molecular weight excluding hydrogens is 206 g/mol. The van der Waals surface area contributed by atoms with Crippen molar-refractivity contribution in [1.29, 1.82) is 0 Å². The molecule has 1 heteroatoms. The van der Waals surface area contributed by atoms with Crippen LogP contribution >= 0.6 is 0 Å². The zero-order valence-electron chi connectivity index (χ0n) is 10.6. The quantitative estimate of drug-likeness (QED) is 0.725. The number of rotatable bonds is 1. The molecule has 0 aromatic heterocycles. The second-order valence-corrected chi connectivity index (χ2v) is 5.61. The highest BCUT2D eigenvalue weighted by Crippen LogP contribution is 2.35. The monoisotopic (exact) mass is 229 g/mol. The Hall–Kier alpha value is -0.820. The Kier molecular flexibility index (Phi) is 3.46. The summed E-state index contributed by atoms with van der Waals surface area (Å²) in [5.74, 6) is 0.772. The van der Waals surface area contributed by atoms with Gasteiger partial charge >= 0.3 is 0 Å². The van der Waals surface area contributed by atoms with Crippen molar-refractivity contribution in [2.75, 3.05) is 6.54 Å². The predicted octanol–water partition coefficient (Wildman–Crippen LogP) is 3.64. The van der Waals surface area contributed by atoms with Crippen LogP contribution in [0.4, 0.5) is 0 Å². The Bertz CT molecular complexity index is 366. The van der Waals surface area contributed by atoms with Crippen LogP contribution in [0.5, 0.6) is 0 Å². The topological polar surface area (TPSA) is 12.0 Å². The van der Waals surface area contributed by atoms with Crippen molar-refractivity contribution in [3.63, 3.8) is 0 Å². The van der Waals surface area contributed by atoms with Gasteiger partial charge in [-0.3, -0.25) is 0 Å². The van der Waals surface area contributed by atoms with Gasteiger partial charge < -0.3 is 5.32 Å². The molecule has 1 aromatic rings. The van der Waals surface area contributed by atoms with Crippen molar-refractivity contribution in [2.24, 2.45) is 0 Å². The highest BCUT2D eigenvalue weighted by molar-refractivity contribution is 5.32. The van der Waals surface area contributed by atoms with Gasteiger partial charge in [-0.05, 0) is 55.7 Å². The number of benzene rings is 1. The van der Waals surface area contributed by atoms with E-state index in [0.717, 1.165) is 12.0 Å². The van der Waals surface area contributed by atoms with Crippen molar-refractivity contribution in [3.8, 4) is 0 Å². The summed E-state index contributed by atoms with van der Waals surface area (Å²) < 4.78 is 0. The second-order valence-electron chi connectivity index (χ2n) is 5.61. The van der Waals surface area contributed by atoms with E-state index in [0.29, 0.717) is 0 Å². The molecule has 3 rings (SSSR count). The molecule has 1 N–H and O–H groups in total. The fourth-order valence-corrected chi connectivity index (χ4v) is 3.60. The molecule has 1 heterocycles. The van der Waals surface area contributed by atoms with Gasteiger partial charge in [0.25, 0.3) is 0 Å². The number of aryl methyl sites for hydroxylation is 1. The van der Waals surface area contributed by atoms with Crippen molar-refractivity contribution in [1.82, 2.24) is 5.32 Å². The molecule has 17 heavy (non-hydrogen) atoms. The van der Waals surface area contributed by atoms with E-state index in [1.165, 1.54) is 51.5 Å². The first-order chi connectivity index (χ1) is 8.45. The van der Waals surface area contributed by atoms with E-state index < -0.39 is 0 Å².